The molecule has 0 aliphatic carbocycles. The molecule has 0 bridgehead atoms. The monoisotopic (exact) mass is 463 g/mol. The van der Waals surface area contributed by atoms with Crippen molar-refractivity contribution in [3.63, 3.8) is 0 Å². The summed E-state index contributed by atoms with van der Waals surface area (Å²) in [5.41, 5.74) is 1.07. The van der Waals surface area contributed by atoms with Crippen LogP contribution in [0, 0.1) is 0 Å². The maximum Gasteiger partial charge on any atom is 0.253 e. The second-order valence-corrected chi connectivity index (χ2v) is 8.57. The molecule has 3 aromatic rings. The minimum Gasteiger partial charge on any atom is -0.497 e. The quantitative estimate of drug-likeness (QED) is 0.581. The van der Waals surface area contributed by atoms with Crippen LogP contribution < -0.4 is 15.0 Å². The molecule has 1 heterocycles. The number of halogens is 1. The molecule has 0 radical (unpaired) electrons. The van der Waals surface area contributed by atoms with E-state index < -0.39 is 10.0 Å². The van der Waals surface area contributed by atoms with Gasteiger partial charge in [0.25, 0.3) is 5.56 Å². The van der Waals surface area contributed by atoms with Gasteiger partial charge in [-0.25, -0.2) is 18.1 Å². The van der Waals surface area contributed by atoms with Gasteiger partial charge in [0.1, 0.15) is 5.75 Å². The normalized spacial score (nSPS) is 11.4. The average Bonchev–Trinajstić information content (AvgIpc) is 2.69. The smallest absolute Gasteiger partial charge is 0.253 e. The van der Waals surface area contributed by atoms with E-state index in [1.165, 1.54) is 29.1 Å². The first-order valence-electron chi connectivity index (χ1n) is 8.35. The molecule has 28 heavy (non-hydrogen) atoms. The Balaban J connectivity index is 1.66. The number of ether oxygens (including phenoxy) is 1. The number of nitrogens with zero attached hydrogens (tertiary/aromatic N) is 2. The lowest BCUT2D eigenvalue weighted by molar-refractivity contribution is 0.415. The maximum atomic E-state index is 12.3. The van der Waals surface area contributed by atoms with Crippen molar-refractivity contribution in [2.45, 2.75) is 11.4 Å². The van der Waals surface area contributed by atoms with Crippen LogP contribution in [0.25, 0.3) is 11.3 Å². The summed E-state index contributed by atoms with van der Waals surface area (Å²) in [5, 5.41) is 0. The molecule has 3 rings (SSSR count). The molecule has 0 saturated carbocycles. The van der Waals surface area contributed by atoms with Crippen molar-refractivity contribution in [1.29, 1.82) is 0 Å². The first-order chi connectivity index (χ1) is 13.4. The number of aromatic nitrogens is 2. The summed E-state index contributed by atoms with van der Waals surface area (Å²) >= 11 is 3.27. The van der Waals surface area contributed by atoms with Crippen molar-refractivity contribution >= 4 is 26.0 Å². The number of hydrogen-bond acceptors (Lipinski definition) is 5. The molecule has 9 heteroatoms. The van der Waals surface area contributed by atoms with E-state index in [0.29, 0.717) is 5.69 Å². The van der Waals surface area contributed by atoms with Gasteiger partial charge in [-0.2, -0.15) is 0 Å². The van der Waals surface area contributed by atoms with Gasteiger partial charge >= 0.3 is 0 Å². The molecule has 146 valence electrons. The summed E-state index contributed by atoms with van der Waals surface area (Å²) in [6.07, 6.45) is 1.41. The molecule has 0 atom stereocenters. The summed E-state index contributed by atoms with van der Waals surface area (Å²) in [6.45, 7) is 0.242. The van der Waals surface area contributed by atoms with Gasteiger partial charge in [0, 0.05) is 29.2 Å². The molecule has 0 fully saturated rings. The zero-order valence-corrected chi connectivity index (χ0v) is 17.4. The highest BCUT2D eigenvalue weighted by atomic mass is 79.9. The Morgan fingerprint density at radius 1 is 1.11 bits per heavy atom. The average molecular weight is 464 g/mol. The molecule has 7 nitrogen and oxygen atoms in total. The zero-order valence-electron chi connectivity index (χ0n) is 15.0. The van der Waals surface area contributed by atoms with Crippen molar-refractivity contribution in [3.8, 4) is 17.0 Å². The molecule has 0 spiro atoms. The van der Waals surface area contributed by atoms with Crippen molar-refractivity contribution in [3.05, 3.63) is 75.8 Å². The predicted molar refractivity (Wildman–Crippen MR) is 110 cm³/mol. The molecular weight excluding hydrogens is 446 g/mol. The Morgan fingerprint density at radius 3 is 2.39 bits per heavy atom. The van der Waals surface area contributed by atoms with Crippen molar-refractivity contribution in [2.75, 3.05) is 13.7 Å². The lowest BCUT2D eigenvalue weighted by Gasteiger charge is -2.09. The number of nitrogens with one attached hydrogen (secondary N) is 1. The Bertz CT molecular complexity index is 1110. The van der Waals surface area contributed by atoms with Crippen molar-refractivity contribution in [2.24, 2.45) is 0 Å². The Morgan fingerprint density at radius 2 is 1.79 bits per heavy atom. The number of sulfonamides is 1. The van der Waals surface area contributed by atoms with E-state index in [-0.39, 0.29) is 23.5 Å². The Kier molecular flexibility index (Phi) is 6.28. The zero-order chi connectivity index (χ0) is 20.1. The standard InChI is InChI=1S/C19H18BrN3O4S/c1-27-16-6-2-14(3-7-16)18-12-19(24)23(13-21-18)11-10-22-28(25,26)17-8-4-15(20)5-9-17/h2-9,12-13,22H,10-11H2,1H3. The van der Waals surface area contributed by atoms with Gasteiger partial charge in [0.15, 0.2) is 0 Å². The summed E-state index contributed by atoms with van der Waals surface area (Å²) < 4.78 is 34.3. The number of methoxy groups -OCH3 is 1. The highest BCUT2D eigenvalue weighted by molar-refractivity contribution is 9.10. The van der Waals surface area contributed by atoms with Crippen LogP contribution in [0.15, 0.2) is 75.1 Å². The van der Waals surface area contributed by atoms with E-state index >= 15 is 0 Å². The van der Waals surface area contributed by atoms with E-state index in [4.69, 9.17) is 4.74 Å². The highest BCUT2D eigenvalue weighted by Gasteiger charge is 2.13. The summed E-state index contributed by atoms with van der Waals surface area (Å²) in [5.74, 6) is 0.718. The fraction of sp³-hybridized carbons (Fsp3) is 0.158. The third kappa shape index (κ3) is 4.86. The summed E-state index contributed by atoms with van der Waals surface area (Å²) in [4.78, 5) is 16.8. The lowest BCUT2D eigenvalue weighted by atomic mass is 10.1. The third-order valence-electron chi connectivity index (χ3n) is 4.03. The molecule has 2 aromatic carbocycles. The molecule has 1 aromatic heterocycles. The first-order valence-corrected chi connectivity index (χ1v) is 10.6. The van der Waals surface area contributed by atoms with Gasteiger partial charge in [-0.1, -0.05) is 15.9 Å². The van der Waals surface area contributed by atoms with Crippen LogP contribution in [0.4, 0.5) is 0 Å². The predicted octanol–water partition coefficient (Wildman–Crippen LogP) is 2.66. The minimum absolute atomic E-state index is 0.0713. The van der Waals surface area contributed by atoms with Crippen LogP contribution >= 0.6 is 15.9 Å². The molecule has 0 aliphatic rings. The van der Waals surface area contributed by atoms with Crippen LogP contribution in [0.1, 0.15) is 0 Å². The second-order valence-electron chi connectivity index (χ2n) is 5.89. The molecule has 0 amide bonds. The summed E-state index contributed by atoms with van der Waals surface area (Å²) in [7, 11) is -2.05. The Hall–Kier alpha value is -2.49. The van der Waals surface area contributed by atoms with E-state index in [9.17, 15) is 13.2 Å². The van der Waals surface area contributed by atoms with Gasteiger partial charge in [0.2, 0.25) is 10.0 Å². The number of benzene rings is 2. The van der Waals surface area contributed by atoms with Gasteiger partial charge in [0.05, 0.1) is 24.0 Å². The van der Waals surface area contributed by atoms with Gasteiger partial charge < -0.3 is 4.74 Å². The van der Waals surface area contributed by atoms with E-state index in [2.05, 4.69) is 25.6 Å². The molecular formula is C19H18BrN3O4S. The maximum absolute atomic E-state index is 12.3. The van der Waals surface area contributed by atoms with Crippen LogP contribution in [0.5, 0.6) is 5.75 Å². The second kappa shape index (κ2) is 8.68. The molecule has 0 saturated heterocycles. The van der Waals surface area contributed by atoms with Gasteiger partial charge in [-0.3, -0.25) is 9.36 Å². The van der Waals surface area contributed by atoms with Crippen molar-refractivity contribution in [1.82, 2.24) is 14.3 Å². The van der Waals surface area contributed by atoms with E-state index in [1.807, 2.05) is 12.1 Å². The van der Waals surface area contributed by atoms with Gasteiger partial charge in [-0.05, 0) is 48.5 Å². The van der Waals surface area contributed by atoms with Crippen molar-refractivity contribution < 1.29 is 13.2 Å². The largest absolute Gasteiger partial charge is 0.497 e. The summed E-state index contributed by atoms with van der Waals surface area (Å²) in [6, 6.07) is 15.0. The minimum atomic E-state index is -3.64. The number of rotatable bonds is 7. The van der Waals surface area contributed by atoms with Gasteiger partial charge in [-0.15, -0.1) is 0 Å². The molecule has 0 aliphatic heterocycles. The Labute approximate surface area is 171 Å². The van der Waals surface area contributed by atoms with Crippen LogP contribution in [-0.2, 0) is 16.6 Å². The number of hydrogen-bond donors (Lipinski definition) is 1. The molecule has 0 unspecified atom stereocenters. The van der Waals surface area contributed by atoms with Crippen LogP contribution in [-0.4, -0.2) is 31.6 Å². The van der Waals surface area contributed by atoms with E-state index in [1.54, 1.807) is 31.4 Å². The SMILES string of the molecule is COc1ccc(-c2cc(=O)n(CCNS(=O)(=O)c3ccc(Br)cc3)cn2)cc1. The first kappa shape index (κ1) is 20.2. The highest BCUT2D eigenvalue weighted by Crippen LogP contribution is 2.19. The van der Waals surface area contributed by atoms with Crippen LogP contribution in [0.2, 0.25) is 0 Å². The fourth-order valence-electron chi connectivity index (χ4n) is 2.51. The van der Waals surface area contributed by atoms with E-state index in [0.717, 1.165) is 15.8 Å². The fourth-order valence-corrected chi connectivity index (χ4v) is 3.80. The lowest BCUT2D eigenvalue weighted by Crippen LogP contribution is -2.30. The third-order valence-corrected chi connectivity index (χ3v) is 6.04. The topological polar surface area (TPSA) is 90.3 Å². The van der Waals surface area contributed by atoms with Crippen LogP contribution in [0.3, 0.4) is 0 Å². The molecule has 1 N–H and O–H groups in total.